The van der Waals surface area contributed by atoms with Gasteiger partial charge in [0.2, 0.25) is 0 Å². The molecular weight excluding hydrogens is 337 g/mol. The number of hydrogen-bond acceptors (Lipinski definition) is 5. The van der Waals surface area contributed by atoms with Gasteiger partial charge in [0.1, 0.15) is 11.9 Å². The minimum atomic E-state index is -0.324. The summed E-state index contributed by atoms with van der Waals surface area (Å²) >= 11 is 12.0. The van der Waals surface area contributed by atoms with Crippen LogP contribution < -0.4 is 5.84 Å². The van der Waals surface area contributed by atoms with Crippen LogP contribution in [0.5, 0.6) is 0 Å². The van der Waals surface area contributed by atoms with Gasteiger partial charge in [0.25, 0.3) is 11.7 Å². The van der Waals surface area contributed by atoms with Crippen LogP contribution in [0.4, 0.5) is 0 Å². The molecule has 0 spiro atoms. The van der Waals surface area contributed by atoms with Crippen molar-refractivity contribution in [2.45, 2.75) is 0 Å². The Morgan fingerprint density at radius 1 is 1.13 bits per heavy atom. The fraction of sp³-hybridized carbons (Fsp3) is 0. The molecule has 0 aliphatic carbocycles. The van der Waals surface area contributed by atoms with Gasteiger partial charge >= 0.3 is 0 Å². The van der Waals surface area contributed by atoms with E-state index in [2.05, 4.69) is 15.1 Å². The molecule has 3 heterocycles. The first-order valence-corrected chi connectivity index (χ1v) is 7.44. The number of quaternary nitrogens is 1. The predicted molar refractivity (Wildman–Crippen MR) is 90.1 cm³/mol. The zero-order valence-corrected chi connectivity index (χ0v) is 13.2. The zero-order chi connectivity index (χ0) is 16.0. The summed E-state index contributed by atoms with van der Waals surface area (Å²) < 4.78 is 4.98. The third kappa shape index (κ3) is 2.42. The number of hydrogen-bond donors (Lipinski definition) is 1. The zero-order valence-electron chi connectivity index (χ0n) is 11.6. The molecule has 1 aromatic carbocycles. The van der Waals surface area contributed by atoms with Crippen molar-refractivity contribution in [1.29, 1.82) is 0 Å². The highest BCUT2D eigenvalue weighted by atomic mass is 35.5. The van der Waals surface area contributed by atoms with Crippen LogP contribution in [0.2, 0.25) is 10.0 Å². The molecule has 2 aromatic rings. The Hall–Kier alpha value is -2.25. The van der Waals surface area contributed by atoms with Gasteiger partial charge in [-0.05, 0) is 34.1 Å². The number of halogens is 2. The lowest BCUT2D eigenvalue weighted by atomic mass is 10.1. The average molecular weight is 347 g/mol. The SMILES string of the molecule is N[N+]12C=C(c3ccc(Cl)c(Cl)c3)N=CC1=NC(c1ccco1)=N2. The second kappa shape index (κ2) is 5.14. The normalized spacial score (nSPS) is 22.5. The smallest absolute Gasteiger partial charge is 0.300 e. The Bertz CT molecular complexity index is 914. The molecule has 114 valence electrons. The third-order valence-corrected chi connectivity index (χ3v) is 4.18. The lowest BCUT2D eigenvalue weighted by molar-refractivity contribution is -0.802. The van der Waals surface area contributed by atoms with Crippen molar-refractivity contribution in [3.05, 3.63) is 64.2 Å². The largest absolute Gasteiger partial charge is 0.461 e. The van der Waals surface area contributed by atoms with Gasteiger partial charge in [-0.25, -0.2) is 4.99 Å². The summed E-state index contributed by atoms with van der Waals surface area (Å²) in [5, 5.41) is 5.34. The lowest BCUT2D eigenvalue weighted by Crippen LogP contribution is -2.50. The van der Waals surface area contributed by atoms with Crippen LogP contribution in [0.25, 0.3) is 5.70 Å². The van der Waals surface area contributed by atoms with Gasteiger partial charge in [0.15, 0.2) is 12.0 Å². The fourth-order valence-electron chi connectivity index (χ4n) is 2.30. The summed E-state index contributed by atoms with van der Waals surface area (Å²) in [7, 11) is 0. The second-order valence-corrected chi connectivity index (χ2v) is 5.82. The van der Waals surface area contributed by atoms with Crippen molar-refractivity contribution in [2.75, 3.05) is 0 Å². The monoisotopic (exact) mass is 346 g/mol. The van der Waals surface area contributed by atoms with Crippen LogP contribution in [0.3, 0.4) is 0 Å². The van der Waals surface area contributed by atoms with Gasteiger partial charge in [-0.3, -0.25) is 0 Å². The van der Waals surface area contributed by atoms with Crippen molar-refractivity contribution >= 4 is 46.8 Å². The first kappa shape index (κ1) is 14.3. The number of benzene rings is 1. The quantitative estimate of drug-likeness (QED) is 0.667. The van der Waals surface area contributed by atoms with Crippen LogP contribution >= 0.6 is 23.2 Å². The second-order valence-electron chi connectivity index (χ2n) is 5.01. The van der Waals surface area contributed by atoms with E-state index >= 15 is 0 Å². The molecule has 1 atom stereocenters. The lowest BCUT2D eigenvalue weighted by Gasteiger charge is -2.19. The molecule has 0 amide bonds. The molecule has 0 fully saturated rings. The molecule has 23 heavy (non-hydrogen) atoms. The molecule has 0 radical (unpaired) electrons. The Balaban J connectivity index is 1.76. The summed E-state index contributed by atoms with van der Waals surface area (Å²) in [6.07, 6.45) is 4.83. The van der Waals surface area contributed by atoms with E-state index in [1.54, 1.807) is 42.9 Å². The number of aliphatic imine (C=N–C) groups is 2. The van der Waals surface area contributed by atoms with E-state index in [1.807, 2.05) is 6.07 Å². The number of rotatable bonds is 2. The van der Waals surface area contributed by atoms with Gasteiger partial charge < -0.3 is 4.42 Å². The van der Waals surface area contributed by atoms with Crippen LogP contribution in [-0.4, -0.2) is 22.6 Å². The number of fused-ring (bicyclic) bond motifs is 1. The summed E-state index contributed by atoms with van der Waals surface area (Å²) in [5.41, 5.74) is 1.42. The van der Waals surface area contributed by atoms with Gasteiger partial charge in [0.05, 0.1) is 16.3 Å². The van der Waals surface area contributed by atoms with E-state index in [9.17, 15) is 0 Å². The van der Waals surface area contributed by atoms with Crippen molar-refractivity contribution in [1.82, 2.24) is 0 Å². The maximum Gasteiger partial charge on any atom is 0.300 e. The molecule has 8 heteroatoms. The Labute approximate surface area is 141 Å². The van der Waals surface area contributed by atoms with Crippen LogP contribution in [0.1, 0.15) is 11.3 Å². The van der Waals surface area contributed by atoms with Crippen LogP contribution in [-0.2, 0) is 0 Å². The summed E-state index contributed by atoms with van der Waals surface area (Å²) in [5.74, 6) is 7.78. The third-order valence-electron chi connectivity index (χ3n) is 3.44. The van der Waals surface area contributed by atoms with Gasteiger partial charge in [-0.2, -0.15) is 4.99 Å². The first-order valence-electron chi connectivity index (χ1n) is 6.68. The summed E-state index contributed by atoms with van der Waals surface area (Å²) in [4.78, 5) is 8.74. The average Bonchev–Trinajstić information content (AvgIpc) is 3.15. The Morgan fingerprint density at radius 2 is 2.00 bits per heavy atom. The number of amidine groups is 2. The van der Waals surface area contributed by atoms with Crippen LogP contribution in [0.15, 0.2) is 62.3 Å². The molecule has 2 aliphatic heterocycles. The van der Waals surface area contributed by atoms with E-state index in [4.69, 9.17) is 33.5 Å². The minimum Gasteiger partial charge on any atom is -0.461 e. The number of nitrogens with zero attached hydrogens (tertiary/aromatic N) is 4. The van der Waals surface area contributed by atoms with Gasteiger partial charge in [-0.1, -0.05) is 29.3 Å². The van der Waals surface area contributed by atoms with E-state index in [0.29, 0.717) is 33.2 Å². The molecule has 2 N–H and O–H groups in total. The van der Waals surface area contributed by atoms with Crippen molar-refractivity contribution < 1.29 is 9.12 Å². The van der Waals surface area contributed by atoms with Gasteiger partial charge in [-0.15, -0.1) is 5.84 Å². The van der Waals surface area contributed by atoms with E-state index in [-0.39, 0.29) is 4.70 Å². The van der Waals surface area contributed by atoms with E-state index in [0.717, 1.165) is 5.56 Å². The first-order chi connectivity index (χ1) is 11.0. The van der Waals surface area contributed by atoms with Crippen molar-refractivity contribution in [2.24, 2.45) is 20.9 Å². The highest BCUT2D eigenvalue weighted by molar-refractivity contribution is 6.42. The standard InChI is InChI=1S/C15H10Cl2N5O/c16-10-4-3-9(6-11(10)17)12-8-22(18)14(7-19-12)20-15(21-22)13-2-1-5-23-13/h1-8H,18H2/q+1. The maximum atomic E-state index is 6.31. The maximum absolute atomic E-state index is 6.31. The molecule has 1 aromatic heterocycles. The van der Waals surface area contributed by atoms with E-state index in [1.165, 1.54) is 0 Å². The fourth-order valence-corrected chi connectivity index (χ4v) is 2.60. The van der Waals surface area contributed by atoms with E-state index < -0.39 is 0 Å². The number of furan rings is 1. The van der Waals surface area contributed by atoms with Crippen LogP contribution in [0, 0.1) is 0 Å². The highest BCUT2D eigenvalue weighted by Gasteiger charge is 2.40. The topological polar surface area (TPSA) is 76.2 Å². The Morgan fingerprint density at radius 3 is 2.74 bits per heavy atom. The van der Waals surface area contributed by atoms with Gasteiger partial charge in [0, 0.05) is 5.56 Å². The molecule has 0 saturated heterocycles. The predicted octanol–water partition coefficient (Wildman–Crippen LogP) is 3.43. The summed E-state index contributed by atoms with van der Waals surface area (Å²) in [6.45, 7) is 0. The van der Waals surface area contributed by atoms with Crippen molar-refractivity contribution in [3.8, 4) is 0 Å². The molecule has 4 rings (SSSR count). The molecule has 0 bridgehead atoms. The van der Waals surface area contributed by atoms with Crippen molar-refractivity contribution in [3.63, 3.8) is 0 Å². The summed E-state index contributed by atoms with van der Waals surface area (Å²) in [6, 6.07) is 8.80. The number of nitrogens with two attached hydrogens (primary N) is 1. The molecule has 0 saturated carbocycles. The molecule has 6 nitrogen and oxygen atoms in total. The Kier molecular flexibility index (Phi) is 3.21. The molecule has 1 unspecified atom stereocenters. The molecule has 2 aliphatic rings. The highest BCUT2D eigenvalue weighted by Crippen LogP contribution is 2.30. The molecular formula is C15H10Cl2N5O+. The minimum absolute atomic E-state index is 0.324.